The summed E-state index contributed by atoms with van der Waals surface area (Å²) in [6.07, 6.45) is 1.66. The van der Waals surface area contributed by atoms with Crippen LogP contribution in [-0.2, 0) is 23.2 Å². The number of rotatable bonds is 5. The highest BCUT2D eigenvalue weighted by Crippen LogP contribution is 1.96. The van der Waals surface area contributed by atoms with Crippen molar-refractivity contribution in [1.29, 1.82) is 0 Å². The van der Waals surface area contributed by atoms with Crippen molar-refractivity contribution in [2.45, 2.75) is 19.5 Å². The fraction of sp³-hybridized carbons (Fsp3) is 0.500. The summed E-state index contributed by atoms with van der Waals surface area (Å²) in [7, 11) is 1.80. The van der Waals surface area contributed by atoms with Gasteiger partial charge in [-0.15, -0.1) is 0 Å². The number of aromatic nitrogens is 2. The standard InChI is InChI=1S/C10H16N4O2S/c1-7(15)13-9(6-17)10(16)11-5-8-3-4-12-14(8)2/h3-4,9,17H,5-6H2,1-2H3,(H,11,16)(H,13,15). The molecule has 1 heterocycles. The molecule has 2 amide bonds. The van der Waals surface area contributed by atoms with Gasteiger partial charge in [0, 0.05) is 25.9 Å². The molecule has 6 nitrogen and oxygen atoms in total. The first kappa shape index (κ1) is 13.6. The van der Waals surface area contributed by atoms with Crippen molar-refractivity contribution < 1.29 is 9.59 Å². The van der Waals surface area contributed by atoms with Crippen LogP contribution in [0.1, 0.15) is 12.6 Å². The van der Waals surface area contributed by atoms with E-state index in [1.54, 1.807) is 17.9 Å². The number of nitrogens with zero attached hydrogens (tertiary/aromatic N) is 2. The third-order valence-corrected chi connectivity index (χ3v) is 2.61. The van der Waals surface area contributed by atoms with Gasteiger partial charge in [0.15, 0.2) is 0 Å². The van der Waals surface area contributed by atoms with Gasteiger partial charge in [-0.1, -0.05) is 0 Å². The molecule has 0 aromatic carbocycles. The maximum Gasteiger partial charge on any atom is 0.243 e. The van der Waals surface area contributed by atoms with Crippen molar-refractivity contribution in [3.8, 4) is 0 Å². The van der Waals surface area contributed by atoms with Crippen LogP contribution in [0.25, 0.3) is 0 Å². The molecule has 2 N–H and O–H groups in total. The Balaban J connectivity index is 2.48. The summed E-state index contributed by atoms with van der Waals surface area (Å²) in [6.45, 7) is 1.74. The first-order valence-corrected chi connectivity index (χ1v) is 5.80. The van der Waals surface area contributed by atoms with Gasteiger partial charge >= 0.3 is 0 Å². The van der Waals surface area contributed by atoms with Gasteiger partial charge in [-0.25, -0.2) is 0 Å². The molecule has 0 fully saturated rings. The molecule has 0 bridgehead atoms. The number of thiol groups is 1. The van der Waals surface area contributed by atoms with Gasteiger partial charge in [0.2, 0.25) is 11.8 Å². The van der Waals surface area contributed by atoms with Crippen LogP contribution in [0.3, 0.4) is 0 Å². The molecule has 0 spiro atoms. The minimum absolute atomic E-state index is 0.250. The number of hydrogen-bond donors (Lipinski definition) is 3. The lowest BCUT2D eigenvalue weighted by Crippen LogP contribution is -2.47. The Morgan fingerprint density at radius 1 is 1.59 bits per heavy atom. The van der Waals surface area contributed by atoms with E-state index in [9.17, 15) is 9.59 Å². The van der Waals surface area contributed by atoms with Crippen LogP contribution >= 0.6 is 12.6 Å². The fourth-order valence-corrected chi connectivity index (χ4v) is 1.57. The average molecular weight is 256 g/mol. The summed E-state index contributed by atoms with van der Waals surface area (Å²) < 4.78 is 1.67. The number of nitrogens with one attached hydrogen (secondary N) is 2. The number of amides is 2. The van der Waals surface area contributed by atoms with Crippen LogP contribution in [0.2, 0.25) is 0 Å². The van der Waals surface area contributed by atoms with Crippen LogP contribution in [0.5, 0.6) is 0 Å². The van der Waals surface area contributed by atoms with Gasteiger partial charge in [-0.2, -0.15) is 17.7 Å². The molecule has 1 aromatic heterocycles. The van der Waals surface area contributed by atoms with E-state index in [0.29, 0.717) is 6.54 Å². The first-order chi connectivity index (χ1) is 8.04. The van der Waals surface area contributed by atoms with Crippen molar-refractivity contribution >= 4 is 24.4 Å². The summed E-state index contributed by atoms with van der Waals surface area (Å²) in [5.74, 6) is -0.243. The van der Waals surface area contributed by atoms with Gasteiger partial charge in [-0.3, -0.25) is 14.3 Å². The summed E-state index contributed by atoms with van der Waals surface area (Å²) in [6, 6.07) is 1.21. The van der Waals surface area contributed by atoms with E-state index >= 15 is 0 Å². The van der Waals surface area contributed by atoms with Gasteiger partial charge in [0.05, 0.1) is 12.2 Å². The number of hydrogen-bond acceptors (Lipinski definition) is 4. The third kappa shape index (κ3) is 4.10. The van der Waals surface area contributed by atoms with Crippen molar-refractivity contribution in [2.75, 3.05) is 5.75 Å². The Morgan fingerprint density at radius 2 is 2.29 bits per heavy atom. The second-order valence-corrected chi connectivity index (χ2v) is 3.96. The highest BCUT2D eigenvalue weighted by atomic mass is 32.1. The van der Waals surface area contributed by atoms with E-state index in [1.165, 1.54) is 6.92 Å². The molecule has 0 aliphatic carbocycles. The van der Waals surface area contributed by atoms with Gasteiger partial charge in [0.25, 0.3) is 0 Å². The topological polar surface area (TPSA) is 76.0 Å². The quantitative estimate of drug-likeness (QED) is 0.620. The molecular weight excluding hydrogens is 240 g/mol. The molecule has 0 aliphatic heterocycles. The summed E-state index contributed by atoms with van der Waals surface area (Å²) >= 11 is 4.02. The number of carbonyl (C=O) groups is 2. The SMILES string of the molecule is CC(=O)NC(CS)C(=O)NCc1ccnn1C. The minimum Gasteiger partial charge on any atom is -0.349 e. The van der Waals surface area contributed by atoms with E-state index < -0.39 is 6.04 Å². The average Bonchev–Trinajstić information content (AvgIpc) is 2.68. The van der Waals surface area contributed by atoms with Crippen LogP contribution in [0.4, 0.5) is 0 Å². The molecule has 1 aromatic rings. The van der Waals surface area contributed by atoms with Gasteiger partial charge < -0.3 is 10.6 Å². The normalized spacial score (nSPS) is 11.9. The zero-order valence-corrected chi connectivity index (χ0v) is 10.7. The summed E-state index contributed by atoms with van der Waals surface area (Å²) in [5, 5.41) is 9.23. The van der Waals surface area contributed by atoms with Crippen molar-refractivity contribution in [2.24, 2.45) is 7.05 Å². The summed E-state index contributed by atoms with van der Waals surface area (Å²) in [5.41, 5.74) is 0.888. The van der Waals surface area contributed by atoms with Crippen molar-refractivity contribution in [1.82, 2.24) is 20.4 Å². The van der Waals surface area contributed by atoms with Gasteiger partial charge in [0.1, 0.15) is 6.04 Å². The molecule has 7 heteroatoms. The lowest BCUT2D eigenvalue weighted by Gasteiger charge is -2.15. The van der Waals surface area contributed by atoms with Crippen molar-refractivity contribution in [3.05, 3.63) is 18.0 Å². The third-order valence-electron chi connectivity index (χ3n) is 2.24. The number of aryl methyl sites for hydroxylation is 1. The largest absolute Gasteiger partial charge is 0.349 e. The Bertz CT molecular complexity index is 405. The van der Waals surface area contributed by atoms with E-state index in [2.05, 4.69) is 28.4 Å². The molecule has 0 saturated carbocycles. The lowest BCUT2D eigenvalue weighted by atomic mass is 10.3. The van der Waals surface area contributed by atoms with Crippen LogP contribution in [0, 0.1) is 0 Å². The molecule has 0 radical (unpaired) electrons. The summed E-state index contributed by atoms with van der Waals surface area (Å²) in [4.78, 5) is 22.6. The highest BCUT2D eigenvalue weighted by molar-refractivity contribution is 7.80. The number of carbonyl (C=O) groups excluding carboxylic acids is 2. The second kappa shape index (κ2) is 6.29. The molecule has 0 aliphatic rings. The molecule has 1 unspecified atom stereocenters. The minimum atomic E-state index is -0.607. The monoisotopic (exact) mass is 256 g/mol. The maximum absolute atomic E-state index is 11.7. The van der Waals surface area contributed by atoms with Crippen LogP contribution in [0.15, 0.2) is 12.3 Å². The van der Waals surface area contributed by atoms with E-state index in [1.807, 2.05) is 6.07 Å². The Hall–Kier alpha value is -1.50. The zero-order valence-electron chi connectivity index (χ0n) is 9.80. The van der Waals surface area contributed by atoms with Crippen molar-refractivity contribution in [3.63, 3.8) is 0 Å². The predicted octanol–water partition coefficient (Wildman–Crippen LogP) is -0.529. The van der Waals surface area contributed by atoms with Crippen LogP contribution < -0.4 is 10.6 Å². The van der Waals surface area contributed by atoms with Gasteiger partial charge in [-0.05, 0) is 6.07 Å². The molecule has 1 rings (SSSR count). The second-order valence-electron chi connectivity index (χ2n) is 3.60. The smallest absolute Gasteiger partial charge is 0.243 e. The lowest BCUT2D eigenvalue weighted by molar-refractivity contribution is -0.127. The zero-order chi connectivity index (χ0) is 12.8. The Morgan fingerprint density at radius 3 is 2.76 bits per heavy atom. The Labute approximate surface area is 105 Å². The Kier molecular flexibility index (Phi) is 5.02. The predicted molar refractivity (Wildman–Crippen MR) is 66.5 cm³/mol. The molecule has 94 valence electrons. The molecule has 17 heavy (non-hydrogen) atoms. The fourth-order valence-electron chi connectivity index (χ4n) is 1.32. The molecule has 0 saturated heterocycles. The highest BCUT2D eigenvalue weighted by Gasteiger charge is 2.17. The maximum atomic E-state index is 11.7. The van der Waals surface area contributed by atoms with E-state index in [-0.39, 0.29) is 17.6 Å². The van der Waals surface area contributed by atoms with Crippen LogP contribution in [-0.4, -0.2) is 33.4 Å². The van der Waals surface area contributed by atoms with E-state index in [4.69, 9.17) is 0 Å². The first-order valence-electron chi connectivity index (χ1n) is 5.17. The molecule has 1 atom stereocenters. The van der Waals surface area contributed by atoms with E-state index in [0.717, 1.165) is 5.69 Å². The molecular formula is C10H16N4O2S.